The van der Waals surface area contributed by atoms with E-state index in [2.05, 4.69) is 17.2 Å². The molecule has 0 bridgehead atoms. The fraction of sp³-hybridized carbons (Fsp3) is 0.316. The fourth-order valence-corrected chi connectivity index (χ4v) is 1.92. The van der Waals surface area contributed by atoms with Gasteiger partial charge in [0.2, 0.25) is 0 Å². The number of hydrogen-bond acceptors (Lipinski definition) is 5. The van der Waals surface area contributed by atoms with Gasteiger partial charge in [-0.3, -0.25) is 4.79 Å². The Labute approximate surface area is 147 Å². The van der Waals surface area contributed by atoms with E-state index in [0.717, 1.165) is 30.9 Å². The molecule has 0 radical (unpaired) electrons. The van der Waals surface area contributed by atoms with Gasteiger partial charge in [0, 0.05) is 0 Å². The number of carboxylic acid groups (broad SMARTS) is 1. The highest BCUT2D eigenvalue weighted by atomic mass is 16.5. The first kappa shape index (κ1) is 18.4. The molecule has 1 N–H and O–H groups in total. The second-order valence-corrected chi connectivity index (χ2v) is 5.38. The zero-order chi connectivity index (χ0) is 17.9. The van der Waals surface area contributed by atoms with Crippen molar-refractivity contribution < 1.29 is 19.4 Å². The van der Waals surface area contributed by atoms with Gasteiger partial charge in [0.1, 0.15) is 11.5 Å². The molecule has 25 heavy (non-hydrogen) atoms. The normalized spacial score (nSPS) is 10.8. The number of ether oxygens (including phenoxy) is 2. The van der Waals surface area contributed by atoms with E-state index in [0.29, 0.717) is 11.4 Å². The van der Waals surface area contributed by atoms with Crippen molar-refractivity contribution in [1.29, 1.82) is 0 Å². The molecular weight excluding hydrogens is 320 g/mol. The number of unbranched alkanes of at least 4 members (excludes halogenated alkanes) is 1. The van der Waals surface area contributed by atoms with E-state index in [9.17, 15) is 4.79 Å². The predicted octanol–water partition coefficient (Wildman–Crippen LogP) is 5.13. The lowest BCUT2D eigenvalue weighted by atomic mass is 10.3. The Balaban J connectivity index is 1.85. The summed E-state index contributed by atoms with van der Waals surface area (Å²) in [5.41, 5.74) is 1.43. The number of nitrogens with zero attached hydrogens (tertiary/aromatic N) is 2. The van der Waals surface area contributed by atoms with Crippen molar-refractivity contribution in [2.45, 2.75) is 26.2 Å². The lowest BCUT2D eigenvalue weighted by molar-refractivity contribution is -0.137. The largest absolute Gasteiger partial charge is 0.494 e. The SMILES string of the molecule is CCCCOc1ccc(N=Nc2ccc(OCCC(=O)O)cc2)cc1. The Morgan fingerprint density at radius 3 is 1.80 bits per heavy atom. The predicted molar refractivity (Wildman–Crippen MR) is 95.2 cm³/mol. The summed E-state index contributed by atoms with van der Waals surface area (Å²) in [5.74, 6) is 0.552. The minimum Gasteiger partial charge on any atom is -0.494 e. The van der Waals surface area contributed by atoms with Crippen molar-refractivity contribution in [3.63, 3.8) is 0 Å². The maximum atomic E-state index is 10.4. The molecule has 0 saturated heterocycles. The smallest absolute Gasteiger partial charge is 0.306 e. The minimum atomic E-state index is -0.882. The number of rotatable bonds is 10. The molecule has 0 fully saturated rings. The maximum absolute atomic E-state index is 10.4. The third kappa shape index (κ3) is 7.03. The van der Waals surface area contributed by atoms with E-state index in [1.807, 2.05) is 24.3 Å². The van der Waals surface area contributed by atoms with Crippen LogP contribution in [0.2, 0.25) is 0 Å². The van der Waals surface area contributed by atoms with Crippen LogP contribution in [0.1, 0.15) is 26.2 Å². The molecule has 0 aromatic heterocycles. The van der Waals surface area contributed by atoms with Gasteiger partial charge in [0.05, 0.1) is 31.0 Å². The van der Waals surface area contributed by atoms with E-state index < -0.39 is 5.97 Å². The van der Waals surface area contributed by atoms with Gasteiger partial charge in [0.15, 0.2) is 0 Å². The number of benzene rings is 2. The lowest BCUT2D eigenvalue weighted by Crippen LogP contribution is -2.04. The summed E-state index contributed by atoms with van der Waals surface area (Å²) in [4.78, 5) is 10.4. The first-order valence-electron chi connectivity index (χ1n) is 8.26. The Morgan fingerprint density at radius 1 is 0.880 bits per heavy atom. The highest BCUT2D eigenvalue weighted by Crippen LogP contribution is 2.23. The number of hydrogen-bond donors (Lipinski definition) is 1. The van der Waals surface area contributed by atoms with E-state index in [1.54, 1.807) is 24.3 Å². The van der Waals surface area contributed by atoms with Crippen LogP contribution in [-0.2, 0) is 4.79 Å². The van der Waals surface area contributed by atoms with Crippen molar-refractivity contribution in [2.24, 2.45) is 10.2 Å². The van der Waals surface area contributed by atoms with Crippen molar-refractivity contribution in [3.05, 3.63) is 48.5 Å². The molecule has 0 saturated carbocycles. The average molecular weight is 342 g/mol. The van der Waals surface area contributed by atoms with Crippen molar-refractivity contribution in [2.75, 3.05) is 13.2 Å². The van der Waals surface area contributed by atoms with Crippen LogP contribution in [-0.4, -0.2) is 24.3 Å². The Kier molecular flexibility index (Phi) is 7.43. The summed E-state index contributed by atoms with van der Waals surface area (Å²) in [5, 5.41) is 16.9. The van der Waals surface area contributed by atoms with E-state index in [4.69, 9.17) is 14.6 Å². The molecule has 0 heterocycles. The summed E-state index contributed by atoms with van der Waals surface area (Å²) in [7, 11) is 0. The zero-order valence-electron chi connectivity index (χ0n) is 14.2. The first-order valence-corrected chi connectivity index (χ1v) is 8.26. The number of azo groups is 1. The van der Waals surface area contributed by atoms with Crippen LogP contribution in [0.15, 0.2) is 58.8 Å². The molecule has 0 aliphatic carbocycles. The molecule has 6 heteroatoms. The van der Waals surface area contributed by atoms with Crippen LogP contribution >= 0.6 is 0 Å². The highest BCUT2D eigenvalue weighted by molar-refractivity contribution is 5.66. The van der Waals surface area contributed by atoms with Gasteiger partial charge >= 0.3 is 5.97 Å². The molecular formula is C19H22N2O4. The Bertz CT molecular complexity index is 682. The fourth-order valence-electron chi connectivity index (χ4n) is 1.92. The third-order valence-electron chi connectivity index (χ3n) is 3.31. The van der Waals surface area contributed by atoms with Gasteiger partial charge < -0.3 is 14.6 Å². The van der Waals surface area contributed by atoms with E-state index in [1.165, 1.54) is 0 Å². The van der Waals surface area contributed by atoms with Crippen molar-refractivity contribution >= 4 is 17.3 Å². The summed E-state index contributed by atoms with van der Waals surface area (Å²) in [6.45, 7) is 2.99. The monoisotopic (exact) mass is 342 g/mol. The van der Waals surface area contributed by atoms with Gasteiger partial charge in [-0.2, -0.15) is 10.2 Å². The number of carbonyl (C=O) groups is 1. The average Bonchev–Trinajstić information content (AvgIpc) is 2.62. The van der Waals surface area contributed by atoms with Crippen LogP contribution in [0.3, 0.4) is 0 Å². The first-order chi connectivity index (χ1) is 12.2. The second kappa shape index (κ2) is 10.1. The quantitative estimate of drug-likeness (QED) is 0.479. The van der Waals surface area contributed by atoms with Gasteiger partial charge in [0.25, 0.3) is 0 Å². The molecule has 0 amide bonds. The summed E-state index contributed by atoms with van der Waals surface area (Å²) in [6, 6.07) is 14.5. The molecule has 2 rings (SSSR count). The molecule has 0 aliphatic rings. The summed E-state index contributed by atoms with van der Waals surface area (Å²) >= 11 is 0. The van der Waals surface area contributed by atoms with Crippen LogP contribution in [0.4, 0.5) is 11.4 Å². The maximum Gasteiger partial charge on any atom is 0.306 e. The minimum absolute atomic E-state index is 0.0282. The summed E-state index contributed by atoms with van der Waals surface area (Å²) < 4.78 is 10.9. The topological polar surface area (TPSA) is 80.5 Å². The van der Waals surface area contributed by atoms with Crippen LogP contribution in [0.25, 0.3) is 0 Å². The number of aliphatic carboxylic acids is 1. The van der Waals surface area contributed by atoms with Crippen molar-refractivity contribution in [1.82, 2.24) is 0 Å². The van der Waals surface area contributed by atoms with Crippen LogP contribution in [0.5, 0.6) is 11.5 Å². The molecule has 0 spiro atoms. The Morgan fingerprint density at radius 2 is 1.36 bits per heavy atom. The number of carboxylic acids is 1. The Hall–Kier alpha value is -2.89. The van der Waals surface area contributed by atoms with Crippen LogP contribution < -0.4 is 9.47 Å². The molecule has 132 valence electrons. The highest BCUT2D eigenvalue weighted by Gasteiger charge is 1.99. The van der Waals surface area contributed by atoms with E-state index in [-0.39, 0.29) is 13.0 Å². The third-order valence-corrected chi connectivity index (χ3v) is 3.31. The molecule has 0 atom stereocenters. The lowest BCUT2D eigenvalue weighted by Gasteiger charge is -2.05. The molecule has 2 aromatic carbocycles. The van der Waals surface area contributed by atoms with Crippen LogP contribution in [0, 0.1) is 0 Å². The zero-order valence-corrected chi connectivity index (χ0v) is 14.2. The summed E-state index contributed by atoms with van der Waals surface area (Å²) in [6.07, 6.45) is 2.12. The van der Waals surface area contributed by atoms with Gasteiger partial charge in [-0.25, -0.2) is 0 Å². The van der Waals surface area contributed by atoms with Gasteiger partial charge in [-0.15, -0.1) is 0 Å². The molecule has 2 aromatic rings. The second-order valence-electron chi connectivity index (χ2n) is 5.38. The molecule has 0 aliphatic heterocycles. The van der Waals surface area contributed by atoms with Gasteiger partial charge in [-0.1, -0.05) is 13.3 Å². The van der Waals surface area contributed by atoms with Crippen molar-refractivity contribution in [3.8, 4) is 11.5 Å². The molecule has 6 nitrogen and oxygen atoms in total. The molecule has 0 unspecified atom stereocenters. The standard InChI is InChI=1S/C19H22N2O4/c1-2-3-13-24-17-8-4-15(5-9-17)20-21-16-6-10-18(11-7-16)25-14-12-19(22)23/h4-11H,2-3,12-14H2,1H3,(H,22,23). The van der Waals surface area contributed by atoms with Gasteiger partial charge in [-0.05, 0) is 55.0 Å². The van der Waals surface area contributed by atoms with E-state index >= 15 is 0 Å².